The Hall–Kier alpha value is -2.73. The molecule has 5 nitrogen and oxygen atoms in total. The SMILES string of the molecule is Cc1ccc(F)cc1Cn1nc(C2CCNCC2)n(Cc2ccccc2)c1=O. The Kier molecular flexibility index (Phi) is 5.39. The lowest BCUT2D eigenvalue weighted by Gasteiger charge is -2.22. The fourth-order valence-electron chi connectivity index (χ4n) is 3.83. The van der Waals surface area contributed by atoms with Gasteiger partial charge in [-0.2, -0.15) is 5.10 Å². The smallest absolute Gasteiger partial charge is 0.317 e. The largest absolute Gasteiger partial charge is 0.346 e. The first kappa shape index (κ1) is 18.6. The van der Waals surface area contributed by atoms with Crippen LogP contribution in [-0.4, -0.2) is 27.4 Å². The van der Waals surface area contributed by atoms with Crippen molar-refractivity contribution in [2.24, 2.45) is 0 Å². The summed E-state index contributed by atoms with van der Waals surface area (Å²) in [5.41, 5.74) is 2.67. The summed E-state index contributed by atoms with van der Waals surface area (Å²) in [5, 5.41) is 8.08. The highest BCUT2D eigenvalue weighted by Crippen LogP contribution is 2.23. The molecule has 28 heavy (non-hydrogen) atoms. The summed E-state index contributed by atoms with van der Waals surface area (Å²) >= 11 is 0. The Morgan fingerprint density at radius 1 is 1.11 bits per heavy atom. The molecule has 0 unspecified atom stereocenters. The van der Waals surface area contributed by atoms with Crippen LogP contribution in [0.4, 0.5) is 4.39 Å². The second kappa shape index (κ2) is 8.10. The van der Waals surface area contributed by atoms with E-state index in [0.717, 1.165) is 48.4 Å². The van der Waals surface area contributed by atoms with Crippen LogP contribution in [0, 0.1) is 12.7 Å². The molecule has 0 atom stereocenters. The van der Waals surface area contributed by atoms with Gasteiger partial charge in [0.15, 0.2) is 0 Å². The Morgan fingerprint density at radius 3 is 2.61 bits per heavy atom. The minimum absolute atomic E-state index is 0.138. The van der Waals surface area contributed by atoms with Gasteiger partial charge in [-0.05, 0) is 61.7 Å². The summed E-state index contributed by atoms with van der Waals surface area (Å²) in [6, 6.07) is 14.6. The number of hydrogen-bond donors (Lipinski definition) is 1. The van der Waals surface area contributed by atoms with Crippen LogP contribution in [0.3, 0.4) is 0 Å². The summed E-state index contributed by atoms with van der Waals surface area (Å²) in [5.74, 6) is 0.799. The number of aryl methyl sites for hydroxylation is 1. The van der Waals surface area contributed by atoms with E-state index in [1.165, 1.54) is 16.8 Å². The maximum atomic E-state index is 13.7. The summed E-state index contributed by atoms with van der Waals surface area (Å²) in [6.07, 6.45) is 1.93. The molecule has 0 saturated carbocycles. The zero-order valence-electron chi connectivity index (χ0n) is 16.1. The minimum Gasteiger partial charge on any atom is -0.317 e. The quantitative estimate of drug-likeness (QED) is 0.740. The Morgan fingerprint density at radius 2 is 1.86 bits per heavy atom. The van der Waals surface area contributed by atoms with E-state index >= 15 is 0 Å². The number of halogens is 1. The Balaban J connectivity index is 1.72. The molecule has 0 bridgehead atoms. The zero-order valence-corrected chi connectivity index (χ0v) is 16.1. The van der Waals surface area contributed by atoms with E-state index in [1.807, 2.05) is 37.3 Å². The second-order valence-corrected chi connectivity index (χ2v) is 7.47. The van der Waals surface area contributed by atoms with Crippen molar-refractivity contribution < 1.29 is 4.39 Å². The number of nitrogens with one attached hydrogen (secondary N) is 1. The van der Waals surface area contributed by atoms with Gasteiger partial charge in [-0.25, -0.2) is 13.9 Å². The van der Waals surface area contributed by atoms with Crippen LogP contribution < -0.4 is 11.0 Å². The first-order chi connectivity index (χ1) is 13.6. The lowest BCUT2D eigenvalue weighted by molar-refractivity contribution is 0.430. The van der Waals surface area contributed by atoms with Crippen LogP contribution in [0.2, 0.25) is 0 Å². The minimum atomic E-state index is -0.295. The third kappa shape index (κ3) is 3.92. The van der Waals surface area contributed by atoms with Crippen molar-refractivity contribution in [2.45, 2.75) is 38.8 Å². The van der Waals surface area contributed by atoms with Crippen molar-refractivity contribution >= 4 is 0 Å². The van der Waals surface area contributed by atoms with E-state index in [1.54, 1.807) is 10.6 Å². The van der Waals surface area contributed by atoms with Crippen molar-refractivity contribution in [3.63, 3.8) is 0 Å². The fraction of sp³-hybridized carbons (Fsp3) is 0.364. The first-order valence-electron chi connectivity index (χ1n) is 9.79. The fourth-order valence-corrected chi connectivity index (χ4v) is 3.83. The predicted molar refractivity (Wildman–Crippen MR) is 107 cm³/mol. The number of hydrogen-bond acceptors (Lipinski definition) is 3. The van der Waals surface area contributed by atoms with Gasteiger partial charge in [0, 0.05) is 5.92 Å². The van der Waals surface area contributed by atoms with E-state index in [0.29, 0.717) is 6.54 Å². The van der Waals surface area contributed by atoms with Gasteiger partial charge < -0.3 is 5.32 Å². The van der Waals surface area contributed by atoms with Gasteiger partial charge in [-0.15, -0.1) is 0 Å². The first-order valence-corrected chi connectivity index (χ1v) is 9.79. The van der Waals surface area contributed by atoms with Crippen molar-refractivity contribution in [2.75, 3.05) is 13.1 Å². The summed E-state index contributed by atoms with van der Waals surface area (Å²) in [7, 11) is 0. The molecule has 1 aliphatic heterocycles. The van der Waals surface area contributed by atoms with Gasteiger partial charge in [0.1, 0.15) is 11.6 Å². The van der Waals surface area contributed by atoms with Gasteiger partial charge in [-0.3, -0.25) is 4.57 Å². The highest BCUT2D eigenvalue weighted by Gasteiger charge is 2.24. The molecule has 6 heteroatoms. The Labute approximate surface area is 163 Å². The second-order valence-electron chi connectivity index (χ2n) is 7.47. The molecule has 1 N–H and O–H groups in total. The van der Waals surface area contributed by atoms with Crippen LogP contribution in [0.25, 0.3) is 0 Å². The molecule has 0 amide bonds. The number of aromatic nitrogens is 3. The van der Waals surface area contributed by atoms with Gasteiger partial charge in [0.25, 0.3) is 0 Å². The average molecular weight is 380 g/mol. The van der Waals surface area contributed by atoms with E-state index in [4.69, 9.17) is 5.10 Å². The normalized spacial score (nSPS) is 15.1. The van der Waals surface area contributed by atoms with E-state index in [2.05, 4.69) is 5.32 Å². The van der Waals surface area contributed by atoms with Crippen LogP contribution in [0.1, 0.15) is 41.3 Å². The molecule has 1 aliphatic rings. The molecule has 0 radical (unpaired) electrons. The number of nitrogens with zero attached hydrogens (tertiary/aromatic N) is 3. The van der Waals surface area contributed by atoms with Gasteiger partial charge in [0.05, 0.1) is 13.1 Å². The maximum Gasteiger partial charge on any atom is 0.346 e. The van der Waals surface area contributed by atoms with Gasteiger partial charge >= 0.3 is 5.69 Å². The lowest BCUT2D eigenvalue weighted by Crippen LogP contribution is -2.30. The molecule has 2 heterocycles. The Bertz CT molecular complexity index is 1000. The molecule has 1 aromatic heterocycles. The molecule has 1 saturated heterocycles. The molecule has 1 fully saturated rings. The zero-order chi connectivity index (χ0) is 19.5. The highest BCUT2D eigenvalue weighted by atomic mass is 19.1. The van der Waals surface area contributed by atoms with Crippen LogP contribution >= 0.6 is 0 Å². The molecule has 146 valence electrons. The van der Waals surface area contributed by atoms with Gasteiger partial charge in [0.2, 0.25) is 0 Å². The van der Waals surface area contributed by atoms with E-state index in [9.17, 15) is 9.18 Å². The molecule has 2 aromatic carbocycles. The monoisotopic (exact) mass is 380 g/mol. The van der Waals surface area contributed by atoms with Crippen LogP contribution in [0.5, 0.6) is 0 Å². The van der Waals surface area contributed by atoms with Crippen molar-refractivity contribution in [3.8, 4) is 0 Å². The predicted octanol–water partition coefficient (Wildman–Crippen LogP) is 3.06. The standard InChI is InChI=1S/C22H25FN4O/c1-16-7-8-20(23)13-19(16)15-27-22(28)26(14-17-5-3-2-4-6-17)21(25-27)18-9-11-24-12-10-18/h2-8,13,18,24H,9-12,14-15H2,1H3. The van der Waals surface area contributed by atoms with Crippen molar-refractivity contribution in [1.29, 1.82) is 0 Å². The third-order valence-corrected chi connectivity index (χ3v) is 5.47. The summed E-state index contributed by atoms with van der Waals surface area (Å²) in [4.78, 5) is 13.2. The molecular weight excluding hydrogens is 355 g/mol. The molecular formula is C22H25FN4O. The van der Waals surface area contributed by atoms with Crippen molar-refractivity contribution in [1.82, 2.24) is 19.7 Å². The van der Waals surface area contributed by atoms with E-state index in [-0.39, 0.29) is 24.0 Å². The topological polar surface area (TPSA) is 51.9 Å². The summed E-state index contributed by atoms with van der Waals surface area (Å²) in [6.45, 7) is 4.57. The van der Waals surface area contributed by atoms with Crippen LogP contribution in [-0.2, 0) is 13.1 Å². The molecule has 4 rings (SSSR count). The molecule has 3 aromatic rings. The number of rotatable bonds is 5. The average Bonchev–Trinajstić information content (AvgIpc) is 3.02. The maximum absolute atomic E-state index is 13.7. The molecule has 0 spiro atoms. The number of piperidine rings is 1. The lowest BCUT2D eigenvalue weighted by atomic mass is 9.97. The molecule has 0 aliphatic carbocycles. The third-order valence-electron chi connectivity index (χ3n) is 5.47. The highest BCUT2D eigenvalue weighted by molar-refractivity contribution is 5.26. The number of benzene rings is 2. The summed E-state index contributed by atoms with van der Waals surface area (Å²) < 4.78 is 17.0. The van der Waals surface area contributed by atoms with Gasteiger partial charge in [-0.1, -0.05) is 36.4 Å². The van der Waals surface area contributed by atoms with Crippen molar-refractivity contribution in [3.05, 3.63) is 87.3 Å². The van der Waals surface area contributed by atoms with Crippen LogP contribution in [0.15, 0.2) is 53.3 Å². The van der Waals surface area contributed by atoms with E-state index < -0.39 is 0 Å².